The van der Waals surface area contributed by atoms with Crippen LogP contribution in [-0.2, 0) is 10.0 Å². The van der Waals surface area contributed by atoms with E-state index < -0.39 is 10.0 Å². The van der Waals surface area contributed by atoms with E-state index in [9.17, 15) is 13.2 Å². The Labute approximate surface area is 207 Å². The lowest BCUT2D eigenvalue weighted by atomic mass is 10.2. The average Bonchev–Trinajstić information content (AvgIpc) is 3.11. The van der Waals surface area contributed by atoms with Crippen molar-refractivity contribution in [3.8, 4) is 11.4 Å². The first-order valence-electron chi connectivity index (χ1n) is 10.6. The smallest absolute Gasteiger partial charge is 0.280 e. The molecule has 0 spiro atoms. The number of benzene rings is 3. The Kier molecular flexibility index (Phi) is 6.81. The first kappa shape index (κ1) is 24.3. The maximum absolute atomic E-state index is 12.9. The van der Waals surface area contributed by atoms with Gasteiger partial charge in [0.2, 0.25) is 0 Å². The summed E-state index contributed by atoms with van der Waals surface area (Å²) in [5.41, 5.74) is 3.10. The lowest BCUT2D eigenvalue weighted by molar-refractivity contribution is 0.415. The quantitative estimate of drug-likeness (QED) is 0.341. The van der Waals surface area contributed by atoms with E-state index in [1.54, 1.807) is 49.4 Å². The van der Waals surface area contributed by atoms with Gasteiger partial charge in [0, 0.05) is 28.7 Å². The molecule has 0 fully saturated rings. The molecular weight excluding hydrogens is 488 g/mol. The van der Waals surface area contributed by atoms with E-state index in [0.717, 1.165) is 5.56 Å². The van der Waals surface area contributed by atoms with Gasteiger partial charge in [0.25, 0.3) is 15.6 Å². The molecule has 0 aliphatic carbocycles. The number of nitrogens with one attached hydrogen (secondary N) is 2. The number of ether oxygens (including phenoxy) is 1. The molecule has 180 valence electrons. The minimum atomic E-state index is -3.84. The van der Waals surface area contributed by atoms with Gasteiger partial charge in [-0.05, 0) is 67.9 Å². The number of nitrogens with zero attached hydrogens (tertiary/aromatic N) is 2. The van der Waals surface area contributed by atoms with Crippen LogP contribution in [0.15, 0.2) is 81.4 Å². The molecule has 10 heteroatoms. The second-order valence-electron chi connectivity index (χ2n) is 7.83. The molecule has 0 atom stereocenters. The summed E-state index contributed by atoms with van der Waals surface area (Å²) in [5, 5.41) is 3.59. The van der Waals surface area contributed by atoms with Gasteiger partial charge < -0.3 is 4.74 Å². The SMILES string of the molecule is COc1cc(S(=O)(=O)Nc2cccc(C)c2)ccc1N=Cc1c(C)[nH]n(-c2ccc(Cl)cc2)c1=O. The number of hydrogen-bond donors (Lipinski definition) is 2. The summed E-state index contributed by atoms with van der Waals surface area (Å²) in [6.07, 6.45) is 1.43. The summed E-state index contributed by atoms with van der Waals surface area (Å²) in [7, 11) is -2.42. The molecule has 1 heterocycles. The Morgan fingerprint density at radius 1 is 1.06 bits per heavy atom. The van der Waals surface area contributed by atoms with E-state index in [4.69, 9.17) is 16.3 Å². The molecule has 2 N–H and O–H groups in total. The minimum absolute atomic E-state index is 0.0257. The lowest BCUT2D eigenvalue weighted by Crippen LogP contribution is -2.17. The Balaban J connectivity index is 1.63. The summed E-state index contributed by atoms with van der Waals surface area (Å²) in [5.74, 6) is 0.250. The summed E-state index contributed by atoms with van der Waals surface area (Å²) < 4.78 is 35.1. The first-order valence-corrected chi connectivity index (χ1v) is 12.4. The molecule has 0 aliphatic heterocycles. The fourth-order valence-electron chi connectivity index (χ4n) is 3.47. The number of sulfonamides is 1. The van der Waals surface area contributed by atoms with Crippen molar-refractivity contribution >= 4 is 39.2 Å². The van der Waals surface area contributed by atoms with Crippen LogP contribution in [0, 0.1) is 13.8 Å². The standard InChI is InChI=1S/C25H23ClN4O4S/c1-16-5-4-6-19(13-16)29-35(32,33)21-11-12-23(24(14-21)34-3)27-15-22-17(2)28-30(25(22)31)20-9-7-18(26)8-10-20/h4-15,28-29H,1-3H3. The Morgan fingerprint density at radius 2 is 1.80 bits per heavy atom. The fourth-order valence-corrected chi connectivity index (χ4v) is 4.66. The van der Waals surface area contributed by atoms with Gasteiger partial charge in [0.15, 0.2) is 0 Å². The van der Waals surface area contributed by atoms with Crippen LogP contribution in [0.1, 0.15) is 16.8 Å². The second-order valence-corrected chi connectivity index (χ2v) is 9.95. The molecule has 0 bridgehead atoms. The molecule has 0 radical (unpaired) electrons. The molecule has 0 unspecified atom stereocenters. The van der Waals surface area contributed by atoms with Crippen molar-refractivity contribution in [3.05, 3.63) is 98.9 Å². The van der Waals surface area contributed by atoms with Crippen molar-refractivity contribution in [2.24, 2.45) is 4.99 Å². The summed E-state index contributed by atoms with van der Waals surface area (Å²) in [6.45, 7) is 3.64. The maximum atomic E-state index is 12.9. The van der Waals surface area contributed by atoms with Crippen LogP contribution in [0.4, 0.5) is 11.4 Å². The van der Waals surface area contributed by atoms with E-state index in [0.29, 0.717) is 33.3 Å². The molecule has 0 aliphatic rings. The highest BCUT2D eigenvalue weighted by atomic mass is 35.5. The number of aromatic nitrogens is 2. The van der Waals surface area contributed by atoms with Gasteiger partial charge in [0.05, 0.1) is 23.3 Å². The maximum Gasteiger partial charge on any atom is 0.280 e. The zero-order chi connectivity index (χ0) is 25.2. The van der Waals surface area contributed by atoms with Crippen LogP contribution in [-0.4, -0.2) is 31.5 Å². The van der Waals surface area contributed by atoms with Gasteiger partial charge >= 0.3 is 0 Å². The second kappa shape index (κ2) is 9.81. The van der Waals surface area contributed by atoms with Crippen molar-refractivity contribution in [1.29, 1.82) is 0 Å². The highest BCUT2D eigenvalue weighted by Gasteiger charge is 2.17. The van der Waals surface area contributed by atoms with E-state index in [1.807, 2.05) is 13.0 Å². The van der Waals surface area contributed by atoms with E-state index in [2.05, 4.69) is 14.8 Å². The zero-order valence-electron chi connectivity index (χ0n) is 19.2. The predicted molar refractivity (Wildman–Crippen MR) is 138 cm³/mol. The van der Waals surface area contributed by atoms with Crippen LogP contribution in [0.3, 0.4) is 0 Å². The largest absolute Gasteiger partial charge is 0.494 e. The number of aryl methyl sites for hydroxylation is 2. The molecule has 3 aromatic carbocycles. The summed E-state index contributed by atoms with van der Waals surface area (Å²) >= 11 is 5.94. The average molecular weight is 511 g/mol. The molecule has 0 saturated carbocycles. The molecule has 0 saturated heterocycles. The Bertz CT molecular complexity index is 1570. The third-order valence-electron chi connectivity index (χ3n) is 5.27. The highest BCUT2D eigenvalue weighted by Crippen LogP contribution is 2.31. The monoisotopic (exact) mass is 510 g/mol. The molecular formula is C25H23ClN4O4S. The molecule has 35 heavy (non-hydrogen) atoms. The van der Waals surface area contributed by atoms with E-state index in [-0.39, 0.29) is 16.2 Å². The number of anilines is 1. The number of aliphatic imine (C=N–C) groups is 1. The van der Waals surface area contributed by atoms with E-state index in [1.165, 1.54) is 36.2 Å². The van der Waals surface area contributed by atoms with Gasteiger partial charge in [-0.15, -0.1) is 0 Å². The lowest BCUT2D eigenvalue weighted by Gasteiger charge is -2.11. The summed E-state index contributed by atoms with van der Waals surface area (Å²) in [4.78, 5) is 17.3. The van der Waals surface area contributed by atoms with Gasteiger partial charge in [-0.3, -0.25) is 19.6 Å². The van der Waals surface area contributed by atoms with Crippen LogP contribution in [0.5, 0.6) is 5.75 Å². The van der Waals surface area contributed by atoms with E-state index >= 15 is 0 Å². The van der Waals surface area contributed by atoms with Crippen LogP contribution >= 0.6 is 11.6 Å². The normalized spacial score (nSPS) is 11.7. The molecule has 8 nitrogen and oxygen atoms in total. The minimum Gasteiger partial charge on any atom is -0.494 e. The van der Waals surface area contributed by atoms with Crippen molar-refractivity contribution in [1.82, 2.24) is 9.78 Å². The molecule has 4 rings (SSSR count). The number of hydrogen-bond acceptors (Lipinski definition) is 5. The topological polar surface area (TPSA) is 106 Å². The number of halogens is 1. The number of methoxy groups -OCH3 is 1. The van der Waals surface area contributed by atoms with Crippen LogP contribution < -0.4 is 15.0 Å². The third kappa shape index (κ3) is 5.31. The molecule has 4 aromatic rings. The summed E-state index contributed by atoms with van der Waals surface area (Å²) in [6, 6.07) is 18.3. The number of rotatable bonds is 7. The van der Waals surface area contributed by atoms with Crippen molar-refractivity contribution in [3.63, 3.8) is 0 Å². The number of aromatic amines is 1. The van der Waals surface area contributed by atoms with Crippen LogP contribution in [0.2, 0.25) is 5.02 Å². The fraction of sp³-hybridized carbons (Fsp3) is 0.120. The van der Waals surface area contributed by atoms with Crippen molar-refractivity contribution in [2.45, 2.75) is 18.7 Å². The Morgan fingerprint density at radius 3 is 2.49 bits per heavy atom. The van der Waals surface area contributed by atoms with Crippen LogP contribution in [0.25, 0.3) is 5.69 Å². The Hall–Kier alpha value is -3.82. The molecule has 1 aromatic heterocycles. The zero-order valence-corrected chi connectivity index (χ0v) is 20.8. The van der Waals surface area contributed by atoms with Gasteiger partial charge in [-0.25, -0.2) is 13.1 Å². The van der Waals surface area contributed by atoms with Crippen molar-refractivity contribution < 1.29 is 13.2 Å². The first-order chi connectivity index (χ1) is 16.7. The number of H-pyrrole nitrogens is 1. The van der Waals surface area contributed by atoms with Gasteiger partial charge in [-0.1, -0.05) is 23.7 Å². The van der Waals surface area contributed by atoms with Gasteiger partial charge in [0.1, 0.15) is 11.4 Å². The van der Waals surface area contributed by atoms with Crippen molar-refractivity contribution in [2.75, 3.05) is 11.8 Å². The molecule has 0 amide bonds. The third-order valence-corrected chi connectivity index (χ3v) is 6.90. The highest BCUT2D eigenvalue weighted by molar-refractivity contribution is 7.92. The van der Waals surface area contributed by atoms with Gasteiger partial charge in [-0.2, -0.15) is 0 Å². The predicted octanol–water partition coefficient (Wildman–Crippen LogP) is 5.00.